The van der Waals surface area contributed by atoms with Gasteiger partial charge in [0, 0.05) is 11.1 Å². The Morgan fingerprint density at radius 2 is 1.64 bits per heavy atom. The van der Waals surface area contributed by atoms with Crippen molar-refractivity contribution in [1.29, 1.82) is 0 Å². The van der Waals surface area contributed by atoms with Gasteiger partial charge in [0.25, 0.3) is 0 Å². The molecule has 0 unspecified atom stereocenters. The van der Waals surface area contributed by atoms with E-state index in [9.17, 15) is 0 Å². The summed E-state index contributed by atoms with van der Waals surface area (Å²) in [6, 6.07) is 16.2. The highest BCUT2D eigenvalue weighted by molar-refractivity contribution is 7.16. The van der Waals surface area contributed by atoms with Gasteiger partial charge in [0.15, 0.2) is 0 Å². The van der Waals surface area contributed by atoms with Crippen LogP contribution in [0.15, 0.2) is 54.9 Å². The second kappa shape index (κ2) is 4.38. The lowest BCUT2D eigenvalue weighted by molar-refractivity contribution is 0.452. The second-order valence-electron chi connectivity index (χ2n) is 5.11. The fraction of sp³-hybridized carbons (Fsp3) is 0.0625. The van der Waals surface area contributed by atoms with Gasteiger partial charge in [0.1, 0.15) is 22.8 Å². The zero-order chi connectivity index (χ0) is 14.5. The number of aromatic nitrogens is 4. The Morgan fingerprint density at radius 1 is 0.955 bits per heavy atom. The van der Waals surface area contributed by atoms with E-state index in [-0.39, 0.29) is 5.92 Å². The van der Waals surface area contributed by atoms with Crippen molar-refractivity contribution >= 4 is 16.3 Å². The van der Waals surface area contributed by atoms with Crippen LogP contribution in [-0.2, 0) is 0 Å². The molecule has 1 aliphatic rings. The molecule has 0 fully saturated rings. The Hall–Kier alpha value is -2.73. The Kier molecular flexibility index (Phi) is 2.37. The Labute approximate surface area is 129 Å². The molecule has 5 nitrogen and oxygen atoms in total. The molecule has 0 atom stereocenters. The maximum Gasteiger partial charge on any atom is 0.234 e. The summed E-state index contributed by atoms with van der Waals surface area (Å²) < 4.78 is 7.75. The quantitative estimate of drug-likeness (QED) is 0.476. The van der Waals surface area contributed by atoms with E-state index in [1.807, 2.05) is 36.4 Å². The fourth-order valence-corrected chi connectivity index (χ4v) is 3.82. The number of rotatable bonds is 1. The Morgan fingerprint density at radius 3 is 2.32 bits per heavy atom. The first-order chi connectivity index (χ1) is 10.9. The van der Waals surface area contributed by atoms with Crippen LogP contribution in [0.4, 0.5) is 0 Å². The number of para-hydroxylation sites is 2. The highest BCUT2D eigenvalue weighted by Gasteiger charge is 2.31. The van der Waals surface area contributed by atoms with E-state index in [0.29, 0.717) is 0 Å². The zero-order valence-corrected chi connectivity index (χ0v) is 12.2. The Balaban J connectivity index is 1.78. The van der Waals surface area contributed by atoms with Gasteiger partial charge in [-0.2, -0.15) is 9.61 Å². The first kappa shape index (κ1) is 11.9. The third-order valence-electron chi connectivity index (χ3n) is 3.83. The van der Waals surface area contributed by atoms with Crippen LogP contribution in [0.5, 0.6) is 11.5 Å². The van der Waals surface area contributed by atoms with Crippen LogP contribution in [0.1, 0.15) is 22.1 Å². The van der Waals surface area contributed by atoms with Gasteiger partial charge in [-0.25, -0.2) is 0 Å². The van der Waals surface area contributed by atoms with E-state index < -0.39 is 0 Å². The molecular weight excluding hydrogens is 296 g/mol. The maximum absolute atomic E-state index is 6.03. The van der Waals surface area contributed by atoms with Crippen LogP contribution < -0.4 is 4.74 Å². The predicted octanol–water partition coefficient (Wildman–Crippen LogP) is 3.47. The van der Waals surface area contributed by atoms with E-state index in [1.165, 1.54) is 0 Å². The summed E-state index contributed by atoms with van der Waals surface area (Å²) in [5.74, 6) is 1.84. The molecule has 0 radical (unpaired) electrons. The summed E-state index contributed by atoms with van der Waals surface area (Å²) in [6.07, 6.45) is 1.63. The summed E-state index contributed by atoms with van der Waals surface area (Å²) in [7, 11) is 0. The minimum atomic E-state index is 0.0628. The van der Waals surface area contributed by atoms with Crippen LogP contribution in [0, 0.1) is 0 Å². The third kappa shape index (κ3) is 1.61. The van der Waals surface area contributed by atoms with Gasteiger partial charge in [-0.15, -0.1) is 10.2 Å². The first-order valence-corrected chi connectivity index (χ1v) is 7.74. The molecule has 6 heteroatoms. The molecule has 2 aromatic heterocycles. The van der Waals surface area contributed by atoms with Crippen LogP contribution in [-0.4, -0.2) is 19.8 Å². The van der Waals surface area contributed by atoms with Crippen molar-refractivity contribution in [2.75, 3.05) is 0 Å². The first-order valence-electron chi connectivity index (χ1n) is 6.92. The maximum atomic E-state index is 6.03. The molecule has 3 heterocycles. The molecule has 106 valence electrons. The van der Waals surface area contributed by atoms with Gasteiger partial charge in [-0.05, 0) is 12.1 Å². The van der Waals surface area contributed by atoms with Gasteiger partial charge < -0.3 is 4.74 Å². The molecular formula is C16H10N4OS. The number of ether oxygens (including phenoxy) is 1. The van der Waals surface area contributed by atoms with Crippen molar-refractivity contribution in [3.8, 4) is 11.5 Å². The van der Waals surface area contributed by atoms with Crippen molar-refractivity contribution in [2.24, 2.45) is 0 Å². The molecule has 0 saturated carbocycles. The third-order valence-corrected chi connectivity index (χ3v) is 4.81. The van der Waals surface area contributed by atoms with Crippen LogP contribution in [0.25, 0.3) is 4.96 Å². The van der Waals surface area contributed by atoms with E-state index in [0.717, 1.165) is 32.6 Å². The lowest BCUT2D eigenvalue weighted by Gasteiger charge is -2.26. The monoisotopic (exact) mass is 306 g/mol. The zero-order valence-electron chi connectivity index (χ0n) is 11.4. The molecule has 4 aromatic rings. The molecule has 0 aliphatic carbocycles. The molecule has 2 aromatic carbocycles. The summed E-state index contributed by atoms with van der Waals surface area (Å²) in [5, 5.41) is 13.6. The normalized spacial score (nSPS) is 13.6. The van der Waals surface area contributed by atoms with Gasteiger partial charge in [-0.3, -0.25) is 0 Å². The molecule has 0 saturated heterocycles. The highest BCUT2D eigenvalue weighted by Crippen LogP contribution is 2.47. The van der Waals surface area contributed by atoms with E-state index in [2.05, 4.69) is 27.4 Å². The lowest BCUT2D eigenvalue weighted by atomic mass is 9.88. The average molecular weight is 306 g/mol. The minimum Gasteiger partial charge on any atom is -0.457 e. The second-order valence-corrected chi connectivity index (χ2v) is 6.10. The molecule has 0 N–H and O–H groups in total. The Bertz CT molecular complexity index is 916. The summed E-state index contributed by atoms with van der Waals surface area (Å²) in [5.41, 5.74) is 2.26. The van der Waals surface area contributed by atoms with Gasteiger partial charge in [0.05, 0.1) is 5.92 Å². The summed E-state index contributed by atoms with van der Waals surface area (Å²) in [6.45, 7) is 0. The fourth-order valence-electron chi connectivity index (χ4n) is 2.87. The predicted molar refractivity (Wildman–Crippen MR) is 82.6 cm³/mol. The number of hydrogen-bond acceptors (Lipinski definition) is 5. The molecule has 0 bridgehead atoms. The summed E-state index contributed by atoms with van der Waals surface area (Å²) in [4.78, 5) is 0.802. The van der Waals surface area contributed by atoms with Crippen molar-refractivity contribution in [2.45, 2.75) is 5.92 Å². The number of benzene rings is 2. The van der Waals surface area contributed by atoms with Crippen molar-refractivity contribution in [1.82, 2.24) is 19.8 Å². The number of nitrogens with zero attached hydrogens (tertiary/aromatic N) is 4. The SMILES string of the molecule is c1ccc2c(c1)Oc1ccccc1C2c1nn2cnnc2s1. The molecule has 5 rings (SSSR count). The van der Waals surface area contributed by atoms with Gasteiger partial charge in [-0.1, -0.05) is 47.7 Å². The smallest absolute Gasteiger partial charge is 0.234 e. The van der Waals surface area contributed by atoms with Crippen LogP contribution in [0.3, 0.4) is 0 Å². The van der Waals surface area contributed by atoms with E-state index >= 15 is 0 Å². The van der Waals surface area contributed by atoms with Gasteiger partial charge >= 0.3 is 0 Å². The van der Waals surface area contributed by atoms with Crippen LogP contribution in [0.2, 0.25) is 0 Å². The van der Waals surface area contributed by atoms with Gasteiger partial charge in [0.2, 0.25) is 4.96 Å². The lowest BCUT2D eigenvalue weighted by Crippen LogP contribution is -2.11. The molecule has 1 aliphatic heterocycles. The number of hydrogen-bond donors (Lipinski definition) is 0. The van der Waals surface area contributed by atoms with Crippen molar-refractivity contribution in [3.05, 3.63) is 71.0 Å². The standard InChI is InChI=1S/C16H10N4OS/c1-3-7-12-10(5-1)14(11-6-2-4-8-13(11)21-12)15-19-20-9-17-18-16(20)22-15/h1-9,14H. The minimum absolute atomic E-state index is 0.0628. The highest BCUT2D eigenvalue weighted by atomic mass is 32.1. The van der Waals surface area contributed by atoms with Crippen molar-refractivity contribution < 1.29 is 4.74 Å². The van der Waals surface area contributed by atoms with Crippen molar-refractivity contribution in [3.63, 3.8) is 0 Å². The summed E-state index contributed by atoms with van der Waals surface area (Å²) >= 11 is 1.56. The van der Waals surface area contributed by atoms with E-state index in [4.69, 9.17) is 4.74 Å². The molecule has 0 amide bonds. The van der Waals surface area contributed by atoms with E-state index in [1.54, 1.807) is 22.2 Å². The molecule has 0 spiro atoms. The average Bonchev–Trinajstić information content (AvgIpc) is 3.14. The van der Waals surface area contributed by atoms with Crippen LogP contribution >= 0.6 is 11.3 Å². The topological polar surface area (TPSA) is 52.3 Å². The number of fused-ring (bicyclic) bond motifs is 3. The molecule has 22 heavy (non-hydrogen) atoms. The largest absolute Gasteiger partial charge is 0.457 e.